The minimum absolute atomic E-state index is 0.0240. The van der Waals surface area contributed by atoms with Crippen molar-refractivity contribution in [1.29, 1.82) is 0 Å². The van der Waals surface area contributed by atoms with E-state index in [1.807, 2.05) is 32.0 Å². The number of carbonyl (C=O) groups excluding carboxylic acids is 1. The summed E-state index contributed by atoms with van der Waals surface area (Å²) in [6, 6.07) is 16.0. The van der Waals surface area contributed by atoms with E-state index in [4.69, 9.17) is 23.7 Å². The average Bonchev–Trinajstić information content (AvgIpc) is 3.35. The van der Waals surface area contributed by atoms with Crippen LogP contribution in [0.5, 0.6) is 28.7 Å². The zero-order valence-corrected chi connectivity index (χ0v) is 22.9. The number of thiazole rings is 1. The molecular weight excluding hydrogens is 506 g/mol. The summed E-state index contributed by atoms with van der Waals surface area (Å²) in [5, 5.41) is 6.23. The molecule has 38 heavy (non-hydrogen) atoms. The third-order valence-corrected chi connectivity index (χ3v) is 6.43. The van der Waals surface area contributed by atoms with Gasteiger partial charge >= 0.3 is 0 Å². The third-order valence-electron chi connectivity index (χ3n) is 5.44. The molecule has 3 aromatic carbocycles. The molecule has 9 nitrogen and oxygen atoms in total. The molecule has 0 saturated carbocycles. The first-order valence-electron chi connectivity index (χ1n) is 11.8. The van der Waals surface area contributed by atoms with Gasteiger partial charge < -0.3 is 23.7 Å². The van der Waals surface area contributed by atoms with E-state index in [1.54, 1.807) is 49.7 Å². The van der Waals surface area contributed by atoms with Gasteiger partial charge in [-0.1, -0.05) is 11.3 Å². The molecular formula is C28H29N3O6S. The van der Waals surface area contributed by atoms with Gasteiger partial charge in [0.25, 0.3) is 5.91 Å². The van der Waals surface area contributed by atoms with Crippen LogP contribution in [0, 0.1) is 0 Å². The third kappa shape index (κ3) is 5.81. The van der Waals surface area contributed by atoms with Gasteiger partial charge in [-0.15, -0.1) is 0 Å². The molecule has 0 bridgehead atoms. The van der Waals surface area contributed by atoms with Crippen LogP contribution < -0.4 is 28.7 Å². The molecule has 4 rings (SSSR count). The molecule has 0 aliphatic carbocycles. The van der Waals surface area contributed by atoms with Crippen LogP contribution in [-0.4, -0.2) is 51.6 Å². The number of rotatable bonds is 10. The van der Waals surface area contributed by atoms with Crippen LogP contribution in [0.2, 0.25) is 0 Å². The van der Waals surface area contributed by atoms with Crippen molar-refractivity contribution in [1.82, 2.24) is 4.98 Å². The molecule has 1 aromatic heterocycles. The monoisotopic (exact) mass is 535 g/mol. The number of methoxy groups -OCH3 is 4. The zero-order valence-electron chi connectivity index (χ0n) is 22.1. The number of fused-ring (bicyclic) bond motifs is 1. The summed E-state index contributed by atoms with van der Waals surface area (Å²) in [5.74, 6) is 2.43. The number of benzene rings is 3. The maximum atomic E-state index is 13.7. The van der Waals surface area contributed by atoms with E-state index in [0.717, 1.165) is 10.2 Å². The molecule has 0 saturated heterocycles. The first-order chi connectivity index (χ1) is 18.4. The number of hydrazone groups is 1. The van der Waals surface area contributed by atoms with E-state index < -0.39 is 0 Å². The zero-order chi connectivity index (χ0) is 27.2. The van der Waals surface area contributed by atoms with Crippen LogP contribution in [0.25, 0.3) is 10.2 Å². The van der Waals surface area contributed by atoms with Gasteiger partial charge in [0.1, 0.15) is 11.5 Å². The molecule has 0 N–H and O–H groups in total. The smallest absolute Gasteiger partial charge is 0.280 e. The summed E-state index contributed by atoms with van der Waals surface area (Å²) < 4.78 is 28.2. The quantitative estimate of drug-likeness (QED) is 0.187. The van der Waals surface area contributed by atoms with Gasteiger partial charge in [-0.2, -0.15) is 10.1 Å². The molecule has 1 amide bonds. The maximum absolute atomic E-state index is 13.7. The molecule has 0 radical (unpaired) electrons. The topological polar surface area (TPSA) is 91.7 Å². The van der Waals surface area contributed by atoms with E-state index in [2.05, 4.69) is 10.1 Å². The first-order valence-corrected chi connectivity index (χ1v) is 12.6. The SMILES string of the molecule is COc1ccc2nc(N(/N=C/c3cc(OC)c(OC)c(OC)c3)C(=O)c3ccc(OC(C)C)cc3)sc2c1. The second-order valence-corrected chi connectivity index (χ2v) is 9.35. The molecule has 0 fully saturated rings. The summed E-state index contributed by atoms with van der Waals surface area (Å²) in [4.78, 5) is 18.3. The van der Waals surface area contributed by atoms with Gasteiger partial charge in [-0.05, 0) is 68.4 Å². The van der Waals surface area contributed by atoms with Crippen LogP contribution in [0.4, 0.5) is 5.13 Å². The maximum Gasteiger partial charge on any atom is 0.280 e. The van der Waals surface area contributed by atoms with Crippen LogP contribution in [0.15, 0.2) is 59.7 Å². The second kappa shape index (κ2) is 11.8. The van der Waals surface area contributed by atoms with Crippen LogP contribution >= 0.6 is 11.3 Å². The van der Waals surface area contributed by atoms with Gasteiger partial charge in [0.2, 0.25) is 10.9 Å². The highest BCUT2D eigenvalue weighted by Crippen LogP contribution is 2.38. The predicted octanol–water partition coefficient (Wildman–Crippen LogP) is 5.80. The number of carbonyl (C=O) groups is 1. The Balaban J connectivity index is 1.75. The number of anilines is 1. The molecule has 4 aromatic rings. The van der Waals surface area contributed by atoms with E-state index in [9.17, 15) is 4.79 Å². The molecule has 10 heteroatoms. The van der Waals surface area contributed by atoms with E-state index in [0.29, 0.717) is 45.0 Å². The van der Waals surface area contributed by atoms with Crippen molar-refractivity contribution in [3.8, 4) is 28.7 Å². The van der Waals surface area contributed by atoms with Gasteiger partial charge in [-0.3, -0.25) is 4.79 Å². The van der Waals surface area contributed by atoms with Crippen molar-refractivity contribution in [3.63, 3.8) is 0 Å². The van der Waals surface area contributed by atoms with E-state index in [1.165, 1.54) is 37.7 Å². The highest BCUT2D eigenvalue weighted by atomic mass is 32.1. The minimum Gasteiger partial charge on any atom is -0.497 e. The summed E-state index contributed by atoms with van der Waals surface area (Å²) in [5.41, 5.74) is 1.80. The number of hydrogen-bond donors (Lipinski definition) is 0. The van der Waals surface area contributed by atoms with Crippen LogP contribution in [0.1, 0.15) is 29.8 Å². The summed E-state index contributed by atoms with van der Waals surface area (Å²) in [6.07, 6.45) is 1.57. The standard InChI is InChI=1S/C28H29N3O6S/c1-17(2)37-20-9-7-19(8-10-20)27(32)31(28-30-22-12-11-21(33-3)15-25(22)38-28)29-16-18-13-23(34-4)26(36-6)24(14-18)35-5/h7-17H,1-6H3/b29-16+. The molecule has 0 aliphatic heterocycles. The molecule has 0 spiro atoms. The molecule has 0 atom stereocenters. The van der Waals surface area contributed by atoms with Gasteiger partial charge in [0, 0.05) is 11.1 Å². The fraction of sp³-hybridized carbons (Fsp3) is 0.250. The number of hydrogen-bond acceptors (Lipinski definition) is 9. The number of ether oxygens (including phenoxy) is 5. The lowest BCUT2D eigenvalue weighted by Gasteiger charge is -2.15. The van der Waals surface area contributed by atoms with Gasteiger partial charge in [-0.25, -0.2) is 4.98 Å². The Morgan fingerprint density at radius 3 is 2.13 bits per heavy atom. The van der Waals surface area contributed by atoms with Crippen molar-refractivity contribution in [2.75, 3.05) is 33.4 Å². The van der Waals surface area contributed by atoms with Crippen molar-refractivity contribution >= 4 is 38.8 Å². The largest absolute Gasteiger partial charge is 0.497 e. The second-order valence-electron chi connectivity index (χ2n) is 8.34. The van der Waals surface area contributed by atoms with Gasteiger partial charge in [0.15, 0.2) is 11.5 Å². The Morgan fingerprint density at radius 1 is 0.895 bits per heavy atom. The molecule has 0 aliphatic rings. The van der Waals surface area contributed by atoms with Crippen molar-refractivity contribution in [3.05, 3.63) is 65.7 Å². The average molecular weight is 536 g/mol. The fourth-order valence-corrected chi connectivity index (χ4v) is 4.62. The molecule has 0 unspecified atom stereocenters. The van der Waals surface area contributed by atoms with Crippen molar-refractivity contribution in [2.45, 2.75) is 20.0 Å². The highest BCUT2D eigenvalue weighted by Gasteiger charge is 2.22. The summed E-state index contributed by atoms with van der Waals surface area (Å²) >= 11 is 1.33. The summed E-state index contributed by atoms with van der Waals surface area (Å²) in [7, 11) is 6.22. The Hall–Kier alpha value is -4.31. The molecule has 1 heterocycles. The van der Waals surface area contributed by atoms with E-state index >= 15 is 0 Å². The first kappa shape index (κ1) is 26.7. The van der Waals surface area contributed by atoms with Crippen molar-refractivity contribution in [2.24, 2.45) is 5.10 Å². The number of nitrogens with zero attached hydrogens (tertiary/aromatic N) is 3. The fourth-order valence-electron chi connectivity index (χ4n) is 3.67. The normalized spacial score (nSPS) is 11.1. The predicted molar refractivity (Wildman–Crippen MR) is 149 cm³/mol. The Bertz CT molecular complexity index is 1420. The summed E-state index contributed by atoms with van der Waals surface area (Å²) in [6.45, 7) is 3.89. The lowest BCUT2D eigenvalue weighted by Crippen LogP contribution is -2.25. The Morgan fingerprint density at radius 2 is 1.55 bits per heavy atom. The minimum atomic E-state index is -0.351. The lowest BCUT2D eigenvalue weighted by atomic mass is 10.2. The van der Waals surface area contributed by atoms with E-state index in [-0.39, 0.29) is 12.0 Å². The number of amides is 1. The highest BCUT2D eigenvalue weighted by molar-refractivity contribution is 7.22. The van der Waals surface area contributed by atoms with Crippen molar-refractivity contribution < 1.29 is 28.5 Å². The molecule has 198 valence electrons. The lowest BCUT2D eigenvalue weighted by molar-refractivity contribution is 0.0988. The van der Waals surface area contributed by atoms with Crippen LogP contribution in [0.3, 0.4) is 0 Å². The number of aromatic nitrogens is 1. The Kier molecular flexibility index (Phi) is 8.32. The van der Waals surface area contributed by atoms with Crippen LogP contribution in [-0.2, 0) is 0 Å². The van der Waals surface area contributed by atoms with Gasteiger partial charge in [0.05, 0.1) is 51.0 Å². The Labute approximate surface area is 225 Å².